The van der Waals surface area contributed by atoms with Gasteiger partial charge in [0.15, 0.2) is 5.82 Å². The van der Waals surface area contributed by atoms with Gasteiger partial charge in [0.25, 0.3) is 0 Å². The molecule has 1 heterocycles. The number of nitrogens with two attached hydrogens (primary N) is 1. The van der Waals surface area contributed by atoms with Crippen molar-refractivity contribution < 1.29 is 4.52 Å². The molecule has 1 aromatic carbocycles. The highest BCUT2D eigenvalue weighted by molar-refractivity contribution is 6.30. The Kier molecular flexibility index (Phi) is 3.68. The van der Waals surface area contributed by atoms with Crippen LogP contribution >= 0.6 is 11.6 Å². The van der Waals surface area contributed by atoms with E-state index in [0.717, 1.165) is 12.0 Å². The topological polar surface area (TPSA) is 64.9 Å². The molecule has 0 aliphatic rings. The molecule has 1 aromatic heterocycles. The Bertz CT molecular complexity index is 537. The first kappa shape index (κ1) is 13.1. The average molecular weight is 266 g/mol. The summed E-state index contributed by atoms with van der Waals surface area (Å²) < 4.78 is 5.21. The van der Waals surface area contributed by atoms with E-state index in [-0.39, 0.29) is 0 Å². The van der Waals surface area contributed by atoms with Crippen molar-refractivity contribution in [2.45, 2.75) is 32.2 Å². The summed E-state index contributed by atoms with van der Waals surface area (Å²) in [5.41, 5.74) is 6.55. The summed E-state index contributed by atoms with van der Waals surface area (Å²) in [5, 5.41) is 4.63. The van der Waals surface area contributed by atoms with E-state index in [0.29, 0.717) is 23.2 Å². The SMILES string of the molecule is CCC(C)(N)c1noc(Cc2cccc(Cl)c2)n1. The van der Waals surface area contributed by atoms with E-state index in [4.69, 9.17) is 21.9 Å². The first-order chi connectivity index (χ1) is 8.51. The van der Waals surface area contributed by atoms with Crippen molar-refractivity contribution in [1.29, 1.82) is 0 Å². The molecule has 0 amide bonds. The van der Waals surface area contributed by atoms with Crippen LogP contribution in [0.3, 0.4) is 0 Å². The Labute approximate surface area is 111 Å². The minimum atomic E-state index is -0.546. The summed E-state index contributed by atoms with van der Waals surface area (Å²) in [6.45, 7) is 3.88. The molecule has 96 valence electrons. The van der Waals surface area contributed by atoms with Gasteiger partial charge in [0.2, 0.25) is 5.89 Å². The molecule has 2 N–H and O–H groups in total. The zero-order chi connectivity index (χ0) is 13.2. The van der Waals surface area contributed by atoms with Gasteiger partial charge in [-0.1, -0.05) is 35.8 Å². The molecular formula is C13H16ClN3O. The number of nitrogens with zero attached hydrogens (tertiary/aromatic N) is 2. The number of benzene rings is 1. The molecule has 18 heavy (non-hydrogen) atoms. The van der Waals surface area contributed by atoms with Crippen LogP contribution in [0.25, 0.3) is 0 Å². The Hall–Kier alpha value is -1.39. The van der Waals surface area contributed by atoms with Crippen LogP contribution in [-0.4, -0.2) is 10.1 Å². The third-order valence-electron chi connectivity index (χ3n) is 2.96. The number of aromatic nitrogens is 2. The molecule has 5 heteroatoms. The molecular weight excluding hydrogens is 250 g/mol. The van der Waals surface area contributed by atoms with Gasteiger partial charge in [-0.05, 0) is 31.0 Å². The minimum absolute atomic E-state index is 0.544. The van der Waals surface area contributed by atoms with Crippen molar-refractivity contribution in [1.82, 2.24) is 10.1 Å². The van der Waals surface area contributed by atoms with Crippen molar-refractivity contribution in [2.75, 3.05) is 0 Å². The maximum Gasteiger partial charge on any atom is 0.231 e. The molecule has 0 aliphatic heterocycles. The van der Waals surface area contributed by atoms with Crippen LogP contribution in [0, 0.1) is 0 Å². The maximum atomic E-state index is 6.06. The maximum absolute atomic E-state index is 6.06. The second-order valence-corrected chi connectivity index (χ2v) is 5.03. The van der Waals surface area contributed by atoms with Gasteiger partial charge in [0.1, 0.15) is 0 Å². The van der Waals surface area contributed by atoms with Gasteiger partial charge in [0.05, 0.1) is 12.0 Å². The molecule has 4 nitrogen and oxygen atoms in total. The molecule has 1 unspecified atom stereocenters. The number of hydrogen-bond acceptors (Lipinski definition) is 4. The quantitative estimate of drug-likeness (QED) is 0.923. The van der Waals surface area contributed by atoms with Gasteiger partial charge in [-0.15, -0.1) is 0 Å². The predicted molar refractivity (Wildman–Crippen MR) is 70.4 cm³/mol. The lowest BCUT2D eigenvalue weighted by molar-refractivity contribution is 0.356. The summed E-state index contributed by atoms with van der Waals surface area (Å²) >= 11 is 5.92. The second-order valence-electron chi connectivity index (χ2n) is 4.59. The summed E-state index contributed by atoms with van der Waals surface area (Å²) in [7, 11) is 0. The molecule has 2 aromatic rings. The third kappa shape index (κ3) is 2.89. The van der Waals surface area contributed by atoms with Crippen LogP contribution < -0.4 is 5.73 Å². The Balaban J connectivity index is 2.16. The fourth-order valence-corrected chi connectivity index (χ4v) is 1.75. The molecule has 0 bridgehead atoms. The molecule has 0 saturated heterocycles. The second kappa shape index (κ2) is 5.08. The largest absolute Gasteiger partial charge is 0.339 e. The lowest BCUT2D eigenvalue weighted by Gasteiger charge is -2.16. The molecule has 0 fully saturated rings. The lowest BCUT2D eigenvalue weighted by Crippen LogP contribution is -2.33. The molecule has 0 aliphatic carbocycles. The molecule has 2 rings (SSSR count). The monoisotopic (exact) mass is 265 g/mol. The van der Waals surface area contributed by atoms with E-state index >= 15 is 0 Å². The van der Waals surface area contributed by atoms with Gasteiger partial charge < -0.3 is 10.3 Å². The summed E-state index contributed by atoms with van der Waals surface area (Å²) in [5.74, 6) is 1.10. The summed E-state index contributed by atoms with van der Waals surface area (Å²) in [4.78, 5) is 4.33. The van der Waals surface area contributed by atoms with Crippen LogP contribution in [0.15, 0.2) is 28.8 Å². The van der Waals surface area contributed by atoms with Crippen LogP contribution in [0.4, 0.5) is 0 Å². The first-order valence-corrected chi connectivity index (χ1v) is 6.25. The highest BCUT2D eigenvalue weighted by atomic mass is 35.5. The van der Waals surface area contributed by atoms with Crippen LogP contribution in [0.2, 0.25) is 5.02 Å². The highest BCUT2D eigenvalue weighted by Gasteiger charge is 2.25. The Morgan fingerprint density at radius 2 is 2.22 bits per heavy atom. The average Bonchev–Trinajstić information content (AvgIpc) is 2.78. The third-order valence-corrected chi connectivity index (χ3v) is 3.19. The zero-order valence-corrected chi connectivity index (χ0v) is 11.2. The van der Waals surface area contributed by atoms with Crippen molar-refractivity contribution in [2.24, 2.45) is 5.73 Å². The standard InChI is InChI=1S/C13H16ClN3O/c1-3-13(2,15)12-16-11(18-17-12)8-9-5-4-6-10(14)7-9/h4-7H,3,8,15H2,1-2H3. The van der Waals surface area contributed by atoms with E-state index in [1.54, 1.807) is 0 Å². The Morgan fingerprint density at radius 1 is 1.44 bits per heavy atom. The van der Waals surface area contributed by atoms with Crippen LogP contribution in [0.1, 0.15) is 37.5 Å². The van der Waals surface area contributed by atoms with E-state index in [1.807, 2.05) is 38.1 Å². The van der Waals surface area contributed by atoms with E-state index in [2.05, 4.69) is 10.1 Å². The van der Waals surface area contributed by atoms with Gasteiger partial charge in [-0.25, -0.2) is 0 Å². The van der Waals surface area contributed by atoms with Gasteiger partial charge in [-0.2, -0.15) is 4.98 Å². The zero-order valence-electron chi connectivity index (χ0n) is 10.5. The normalized spacial score (nSPS) is 14.4. The van der Waals surface area contributed by atoms with E-state index < -0.39 is 5.54 Å². The number of halogens is 1. The fourth-order valence-electron chi connectivity index (χ4n) is 1.54. The highest BCUT2D eigenvalue weighted by Crippen LogP contribution is 2.19. The minimum Gasteiger partial charge on any atom is -0.339 e. The predicted octanol–water partition coefficient (Wildman–Crippen LogP) is 2.90. The lowest BCUT2D eigenvalue weighted by atomic mass is 10.00. The van der Waals surface area contributed by atoms with Crippen molar-refractivity contribution in [3.63, 3.8) is 0 Å². The van der Waals surface area contributed by atoms with Crippen molar-refractivity contribution in [3.8, 4) is 0 Å². The smallest absolute Gasteiger partial charge is 0.231 e. The molecule has 0 spiro atoms. The van der Waals surface area contributed by atoms with E-state index in [1.165, 1.54) is 0 Å². The van der Waals surface area contributed by atoms with Gasteiger partial charge in [-0.3, -0.25) is 0 Å². The summed E-state index contributed by atoms with van der Waals surface area (Å²) in [6, 6.07) is 7.58. The number of rotatable bonds is 4. The fraction of sp³-hybridized carbons (Fsp3) is 0.385. The molecule has 0 radical (unpaired) electrons. The molecule has 1 atom stereocenters. The Morgan fingerprint density at radius 3 is 2.89 bits per heavy atom. The van der Waals surface area contributed by atoms with Gasteiger partial charge >= 0.3 is 0 Å². The molecule has 0 saturated carbocycles. The number of hydrogen-bond donors (Lipinski definition) is 1. The van der Waals surface area contributed by atoms with Gasteiger partial charge in [0, 0.05) is 5.02 Å². The first-order valence-electron chi connectivity index (χ1n) is 5.87. The summed E-state index contributed by atoms with van der Waals surface area (Å²) in [6.07, 6.45) is 1.32. The van der Waals surface area contributed by atoms with E-state index in [9.17, 15) is 0 Å². The van der Waals surface area contributed by atoms with Crippen LogP contribution in [0.5, 0.6) is 0 Å². The van der Waals surface area contributed by atoms with Crippen molar-refractivity contribution >= 4 is 11.6 Å². The van der Waals surface area contributed by atoms with Crippen molar-refractivity contribution in [3.05, 3.63) is 46.6 Å². The van der Waals surface area contributed by atoms with Crippen LogP contribution in [-0.2, 0) is 12.0 Å².